The summed E-state index contributed by atoms with van der Waals surface area (Å²) >= 11 is 0. The Morgan fingerprint density at radius 3 is 2.36 bits per heavy atom. The second kappa shape index (κ2) is 4.64. The minimum absolute atomic E-state index is 0.0284. The van der Waals surface area contributed by atoms with E-state index >= 15 is 0 Å². The van der Waals surface area contributed by atoms with E-state index in [9.17, 15) is 13.0 Å². The first-order valence-electron chi connectivity index (χ1n) is 7.35. The van der Waals surface area contributed by atoms with E-state index in [0.29, 0.717) is 5.39 Å². The molecule has 2 aromatic rings. The lowest BCUT2D eigenvalue weighted by molar-refractivity contribution is -0.435. The third kappa shape index (κ3) is 2.08. The molecule has 1 aliphatic heterocycles. The zero-order valence-corrected chi connectivity index (χ0v) is 14.0. The van der Waals surface area contributed by atoms with Gasteiger partial charge in [0, 0.05) is 16.9 Å². The molecule has 0 saturated carbocycles. The highest BCUT2D eigenvalue weighted by molar-refractivity contribution is 7.86. The summed E-state index contributed by atoms with van der Waals surface area (Å²) in [5, 5.41) is 1.49. The molecule has 0 atom stereocenters. The zero-order valence-electron chi connectivity index (χ0n) is 13.2. The van der Waals surface area contributed by atoms with E-state index in [2.05, 4.69) is 32.3 Å². The fourth-order valence-corrected chi connectivity index (χ4v) is 4.10. The number of hydrogen-bond donors (Lipinski definition) is 1. The minimum atomic E-state index is -4.24. The minimum Gasteiger partial charge on any atom is -0.282 e. The Labute approximate surface area is 130 Å². The van der Waals surface area contributed by atoms with Gasteiger partial charge < -0.3 is 0 Å². The number of benzene rings is 2. The van der Waals surface area contributed by atoms with E-state index < -0.39 is 10.1 Å². The monoisotopic (exact) mass is 318 g/mol. The summed E-state index contributed by atoms with van der Waals surface area (Å²) in [5.41, 5.74) is 3.17. The van der Waals surface area contributed by atoms with Gasteiger partial charge in [-0.3, -0.25) is 4.55 Å². The fourth-order valence-electron chi connectivity index (χ4n) is 3.41. The predicted molar refractivity (Wildman–Crippen MR) is 87.8 cm³/mol. The van der Waals surface area contributed by atoms with Crippen molar-refractivity contribution in [3.8, 4) is 0 Å². The summed E-state index contributed by atoms with van der Waals surface area (Å²) in [7, 11) is -4.24. The van der Waals surface area contributed by atoms with Crippen LogP contribution in [0.5, 0.6) is 0 Å². The molecule has 1 aliphatic rings. The molecule has 116 valence electrons. The smallest absolute Gasteiger partial charge is 0.282 e. The highest BCUT2D eigenvalue weighted by Crippen LogP contribution is 2.41. The quantitative estimate of drug-likeness (QED) is 0.680. The normalized spacial score (nSPS) is 15.0. The second-order valence-corrected chi connectivity index (χ2v) is 8.02. The molecule has 22 heavy (non-hydrogen) atoms. The van der Waals surface area contributed by atoms with E-state index in [1.165, 1.54) is 11.8 Å². The maximum Gasteiger partial charge on any atom is 0.295 e. The molecule has 5 heteroatoms. The first-order chi connectivity index (χ1) is 10.2. The summed E-state index contributed by atoms with van der Waals surface area (Å²) in [6.45, 7) is 9.35. The van der Waals surface area contributed by atoms with Gasteiger partial charge in [-0.1, -0.05) is 32.9 Å². The van der Waals surface area contributed by atoms with Gasteiger partial charge in [0.25, 0.3) is 10.1 Å². The van der Waals surface area contributed by atoms with Crippen LogP contribution in [0.4, 0.5) is 5.69 Å². The molecule has 0 bridgehead atoms. The van der Waals surface area contributed by atoms with Crippen molar-refractivity contribution in [1.29, 1.82) is 0 Å². The molecule has 1 N–H and O–H groups in total. The van der Waals surface area contributed by atoms with E-state index in [4.69, 9.17) is 0 Å². The number of rotatable bonds is 2. The van der Waals surface area contributed by atoms with Crippen LogP contribution < -0.4 is 0 Å². The molecule has 4 nitrogen and oxygen atoms in total. The number of hydrogen-bond acceptors (Lipinski definition) is 2. The van der Waals surface area contributed by atoms with Crippen LogP contribution in [-0.2, 0) is 10.1 Å². The van der Waals surface area contributed by atoms with Crippen LogP contribution in [0.25, 0.3) is 10.8 Å². The Bertz CT molecular complexity index is 919. The lowest BCUT2D eigenvalue weighted by atomic mass is 9.85. The van der Waals surface area contributed by atoms with Crippen molar-refractivity contribution >= 4 is 32.3 Å². The van der Waals surface area contributed by atoms with Gasteiger partial charge in [0.1, 0.15) is 11.4 Å². The first kappa shape index (κ1) is 15.2. The van der Waals surface area contributed by atoms with Crippen LogP contribution in [0.3, 0.4) is 0 Å². The van der Waals surface area contributed by atoms with Gasteiger partial charge in [-0.05, 0) is 19.1 Å². The SMILES string of the molecule is CC[N+]1=C(C(C)(C)C)c2cccc3c(S(=O)(=O)O)ccc1c23. The van der Waals surface area contributed by atoms with E-state index in [-0.39, 0.29) is 10.3 Å². The molecule has 0 saturated heterocycles. The first-order valence-corrected chi connectivity index (χ1v) is 8.79. The van der Waals surface area contributed by atoms with Crippen LogP contribution in [0, 0.1) is 5.41 Å². The van der Waals surface area contributed by atoms with Crippen molar-refractivity contribution in [3.63, 3.8) is 0 Å². The molecule has 0 aromatic heterocycles. The lowest BCUT2D eigenvalue weighted by Gasteiger charge is -2.17. The van der Waals surface area contributed by atoms with Crippen molar-refractivity contribution in [2.75, 3.05) is 6.54 Å². The highest BCUT2D eigenvalue weighted by Gasteiger charge is 2.39. The molecule has 0 spiro atoms. The van der Waals surface area contributed by atoms with Crippen molar-refractivity contribution in [3.05, 3.63) is 35.9 Å². The Morgan fingerprint density at radius 1 is 1.14 bits per heavy atom. The number of nitrogens with zero attached hydrogens (tertiary/aromatic N) is 1. The van der Waals surface area contributed by atoms with Gasteiger partial charge in [-0.2, -0.15) is 13.0 Å². The van der Waals surface area contributed by atoms with Crippen molar-refractivity contribution in [1.82, 2.24) is 0 Å². The van der Waals surface area contributed by atoms with Crippen molar-refractivity contribution < 1.29 is 17.5 Å². The molecule has 1 heterocycles. The fraction of sp³-hybridized carbons (Fsp3) is 0.353. The molecule has 2 aromatic carbocycles. The van der Waals surface area contributed by atoms with Gasteiger partial charge in [-0.15, -0.1) is 0 Å². The third-order valence-corrected chi connectivity index (χ3v) is 5.01. The van der Waals surface area contributed by atoms with E-state index in [1.807, 2.05) is 12.1 Å². The summed E-state index contributed by atoms with van der Waals surface area (Å²) in [6, 6.07) is 8.91. The van der Waals surface area contributed by atoms with E-state index in [1.54, 1.807) is 12.1 Å². The maximum atomic E-state index is 11.7. The van der Waals surface area contributed by atoms with Gasteiger partial charge in [-0.25, -0.2) is 0 Å². The molecule has 0 aliphatic carbocycles. The molecule has 0 radical (unpaired) electrons. The van der Waals surface area contributed by atoms with Crippen molar-refractivity contribution in [2.45, 2.75) is 32.6 Å². The zero-order chi connectivity index (χ0) is 16.3. The Kier molecular flexibility index (Phi) is 3.20. The second-order valence-electron chi connectivity index (χ2n) is 6.63. The van der Waals surface area contributed by atoms with Crippen LogP contribution in [0.1, 0.15) is 33.3 Å². The molecular weight excluding hydrogens is 298 g/mol. The Morgan fingerprint density at radius 2 is 1.82 bits per heavy atom. The summed E-state index contributed by atoms with van der Waals surface area (Å²) in [5.74, 6) is 0. The van der Waals surface area contributed by atoms with Gasteiger partial charge in [0.2, 0.25) is 5.69 Å². The topological polar surface area (TPSA) is 57.4 Å². The molecular formula is C17H20NO3S+. The van der Waals surface area contributed by atoms with Crippen LogP contribution >= 0.6 is 0 Å². The standard InChI is InChI=1S/C17H19NO3S/c1-5-18-13-9-10-14(22(19,20)21)11-7-6-8-12(15(11)13)16(18)17(2,3)4/h6-10H,5H2,1-4H3/p+1. The Hall–Kier alpha value is -1.72. The molecule has 3 rings (SSSR count). The average Bonchev–Trinajstić information content (AvgIpc) is 2.73. The molecule has 0 amide bonds. The lowest BCUT2D eigenvalue weighted by Crippen LogP contribution is -2.27. The van der Waals surface area contributed by atoms with Crippen LogP contribution in [0.15, 0.2) is 35.2 Å². The van der Waals surface area contributed by atoms with Gasteiger partial charge >= 0.3 is 0 Å². The van der Waals surface area contributed by atoms with Gasteiger partial charge in [0.15, 0.2) is 5.71 Å². The van der Waals surface area contributed by atoms with Crippen LogP contribution in [0.2, 0.25) is 0 Å². The summed E-state index contributed by atoms with van der Waals surface area (Å²) in [6.07, 6.45) is 0. The third-order valence-electron chi connectivity index (χ3n) is 4.10. The predicted octanol–water partition coefficient (Wildman–Crippen LogP) is 3.60. The van der Waals surface area contributed by atoms with Crippen LogP contribution in [-0.4, -0.2) is 29.8 Å². The van der Waals surface area contributed by atoms with Crippen molar-refractivity contribution in [2.24, 2.45) is 5.41 Å². The molecule has 0 unspecified atom stereocenters. The summed E-state index contributed by atoms with van der Waals surface area (Å²) < 4.78 is 35.0. The Balaban J connectivity index is 2.48. The maximum absolute atomic E-state index is 11.7. The largest absolute Gasteiger partial charge is 0.295 e. The summed E-state index contributed by atoms with van der Waals surface area (Å²) in [4.78, 5) is -0.0284. The van der Waals surface area contributed by atoms with Gasteiger partial charge in [0.05, 0.1) is 10.9 Å². The van der Waals surface area contributed by atoms with E-state index in [0.717, 1.165) is 23.2 Å². The highest BCUT2D eigenvalue weighted by atomic mass is 32.2. The molecule has 0 fully saturated rings. The average molecular weight is 318 g/mol.